The van der Waals surface area contributed by atoms with Gasteiger partial charge >= 0.3 is 5.97 Å². The number of carbonyl (C=O) groups is 1. The fraction of sp³-hybridized carbons (Fsp3) is 0.250. The number of sulfonamides is 1. The van der Waals surface area contributed by atoms with Crippen molar-refractivity contribution in [1.82, 2.24) is 9.71 Å². The van der Waals surface area contributed by atoms with Crippen LogP contribution in [0.5, 0.6) is 0 Å². The van der Waals surface area contributed by atoms with Crippen LogP contribution < -0.4 is 4.72 Å². The monoisotopic (exact) mass is 468 g/mol. The molecule has 2 aromatic heterocycles. The number of nitrogens with zero attached hydrogens (tertiary/aromatic N) is 1. The molecule has 2 N–H and O–H groups in total. The topological polar surface area (TPSA) is 96.4 Å². The van der Waals surface area contributed by atoms with Crippen LogP contribution >= 0.6 is 11.3 Å². The number of benzene rings is 1. The molecule has 0 amide bonds. The maximum absolute atomic E-state index is 12.6. The van der Waals surface area contributed by atoms with E-state index in [1.807, 2.05) is 18.2 Å². The van der Waals surface area contributed by atoms with Gasteiger partial charge < -0.3 is 5.11 Å². The second-order valence-electron chi connectivity index (χ2n) is 7.79. The number of carboxylic acids is 1. The number of aliphatic carboxylic acids is 1. The largest absolute Gasteiger partial charge is 0.481 e. The van der Waals surface area contributed by atoms with Gasteiger partial charge in [-0.1, -0.05) is 36.4 Å². The van der Waals surface area contributed by atoms with Crippen molar-refractivity contribution in [3.8, 4) is 0 Å². The van der Waals surface area contributed by atoms with Crippen LogP contribution in [0, 0.1) is 0 Å². The van der Waals surface area contributed by atoms with E-state index >= 15 is 0 Å². The van der Waals surface area contributed by atoms with Gasteiger partial charge in [-0.3, -0.25) is 9.78 Å². The van der Waals surface area contributed by atoms with Crippen LogP contribution in [-0.4, -0.2) is 30.5 Å². The lowest BCUT2D eigenvalue weighted by Gasteiger charge is -2.11. The van der Waals surface area contributed by atoms with Crippen molar-refractivity contribution in [2.24, 2.45) is 0 Å². The molecule has 0 saturated heterocycles. The smallest absolute Gasteiger partial charge is 0.303 e. The van der Waals surface area contributed by atoms with E-state index in [-0.39, 0.29) is 12.5 Å². The molecule has 0 fully saturated rings. The van der Waals surface area contributed by atoms with Crippen molar-refractivity contribution < 1.29 is 18.3 Å². The zero-order valence-electron chi connectivity index (χ0n) is 17.4. The molecule has 0 spiro atoms. The first-order valence-electron chi connectivity index (χ1n) is 10.4. The Morgan fingerprint density at radius 2 is 2.00 bits per heavy atom. The Bertz CT molecular complexity index is 1220. The summed E-state index contributed by atoms with van der Waals surface area (Å²) in [6.45, 7) is 0. The molecule has 0 bridgehead atoms. The number of rotatable bonds is 9. The van der Waals surface area contributed by atoms with Gasteiger partial charge in [-0.15, -0.1) is 11.3 Å². The third kappa shape index (κ3) is 5.32. The number of nitrogens with one attached hydrogen (secondary N) is 1. The highest BCUT2D eigenvalue weighted by atomic mass is 32.2. The van der Waals surface area contributed by atoms with Crippen LogP contribution in [0.2, 0.25) is 0 Å². The van der Waals surface area contributed by atoms with Crippen molar-refractivity contribution >= 4 is 32.9 Å². The van der Waals surface area contributed by atoms with Gasteiger partial charge in [-0.2, -0.15) is 0 Å². The van der Waals surface area contributed by atoms with Crippen LogP contribution in [0.25, 0.3) is 5.57 Å². The maximum atomic E-state index is 12.6. The number of aromatic nitrogens is 1. The standard InChI is InChI=1S/C24H24N2O4S2/c27-23(28)7-2-1-6-22(19-5-3-11-25-16-19)18-10-9-17-14-21(15-20(17)13-18)26-32(29,30)24-8-4-12-31-24/h3-6,8-13,16,21,26H,1-2,7,14-15H2,(H,27,28)/b22-6-. The molecule has 166 valence electrons. The molecule has 2 heterocycles. The molecule has 0 saturated carbocycles. The van der Waals surface area contributed by atoms with Gasteiger partial charge in [0.1, 0.15) is 4.21 Å². The van der Waals surface area contributed by atoms with Crippen molar-refractivity contribution in [2.75, 3.05) is 0 Å². The Morgan fingerprint density at radius 3 is 2.72 bits per heavy atom. The fourth-order valence-electron chi connectivity index (χ4n) is 3.99. The number of thiophene rings is 1. The Balaban J connectivity index is 1.54. The number of pyridine rings is 1. The predicted octanol–water partition coefficient (Wildman–Crippen LogP) is 4.28. The maximum Gasteiger partial charge on any atom is 0.303 e. The summed E-state index contributed by atoms with van der Waals surface area (Å²) in [4.78, 5) is 15.1. The summed E-state index contributed by atoms with van der Waals surface area (Å²) in [6.07, 6.45) is 8.22. The zero-order chi connectivity index (χ0) is 22.6. The van der Waals surface area contributed by atoms with E-state index in [9.17, 15) is 13.2 Å². The molecule has 1 aromatic carbocycles. The number of fused-ring (bicyclic) bond motifs is 1. The van der Waals surface area contributed by atoms with Gasteiger partial charge in [0, 0.05) is 30.4 Å². The summed E-state index contributed by atoms with van der Waals surface area (Å²) in [5.41, 5.74) is 5.27. The second kappa shape index (κ2) is 9.77. The van der Waals surface area contributed by atoms with Gasteiger partial charge in [0.2, 0.25) is 10.0 Å². The minimum absolute atomic E-state index is 0.132. The van der Waals surface area contributed by atoms with Crippen molar-refractivity contribution in [3.63, 3.8) is 0 Å². The van der Waals surface area contributed by atoms with Gasteiger partial charge in [0.15, 0.2) is 0 Å². The first-order chi connectivity index (χ1) is 15.4. The number of hydrogen-bond donors (Lipinski definition) is 2. The van der Waals surface area contributed by atoms with E-state index < -0.39 is 16.0 Å². The Labute approximate surface area is 191 Å². The molecule has 3 aromatic rings. The summed E-state index contributed by atoms with van der Waals surface area (Å²) in [5, 5.41) is 10.7. The number of hydrogen-bond acceptors (Lipinski definition) is 5. The lowest BCUT2D eigenvalue weighted by Crippen LogP contribution is -2.34. The molecule has 1 unspecified atom stereocenters. The molecular weight excluding hydrogens is 444 g/mol. The highest BCUT2D eigenvalue weighted by Crippen LogP contribution is 2.30. The lowest BCUT2D eigenvalue weighted by molar-refractivity contribution is -0.137. The summed E-state index contributed by atoms with van der Waals surface area (Å²) in [5.74, 6) is -0.796. The van der Waals surface area contributed by atoms with Crippen molar-refractivity contribution in [3.05, 3.63) is 88.6 Å². The summed E-state index contributed by atoms with van der Waals surface area (Å²) < 4.78 is 28.4. The summed E-state index contributed by atoms with van der Waals surface area (Å²) in [6, 6.07) is 13.3. The first kappa shape index (κ1) is 22.4. The lowest BCUT2D eigenvalue weighted by atomic mass is 9.95. The number of unbranched alkanes of at least 4 members (excludes halogenated alkanes) is 1. The summed E-state index contributed by atoms with van der Waals surface area (Å²) >= 11 is 1.21. The Morgan fingerprint density at radius 1 is 1.16 bits per heavy atom. The molecule has 0 aliphatic heterocycles. The van der Waals surface area contributed by atoms with E-state index in [0.29, 0.717) is 29.9 Å². The van der Waals surface area contributed by atoms with E-state index in [2.05, 4.69) is 27.9 Å². The average Bonchev–Trinajstić information content (AvgIpc) is 3.43. The van der Waals surface area contributed by atoms with Gasteiger partial charge in [0.05, 0.1) is 0 Å². The van der Waals surface area contributed by atoms with Crippen LogP contribution in [-0.2, 0) is 27.7 Å². The van der Waals surface area contributed by atoms with Crippen LogP contribution in [0.15, 0.2) is 70.5 Å². The molecule has 1 atom stereocenters. The van der Waals surface area contributed by atoms with E-state index in [1.54, 1.807) is 29.9 Å². The van der Waals surface area contributed by atoms with E-state index in [1.165, 1.54) is 11.3 Å². The molecular formula is C24H24N2O4S2. The van der Waals surface area contributed by atoms with E-state index in [4.69, 9.17) is 5.11 Å². The summed E-state index contributed by atoms with van der Waals surface area (Å²) in [7, 11) is -3.51. The SMILES string of the molecule is O=C(O)CCC/C=C(\c1cccnc1)c1ccc2c(c1)CC(NS(=O)(=O)c1cccs1)C2. The third-order valence-corrected chi connectivity index (χ3v) is 8.37. The van der Waals surface area contributed by atoms with Crippen molar-refractivity contribution in [2.45, 2.75) is 42.4 Å². The molecule has 6 nitrogen and oxygen atoms in total. The van der Waals surface area contributed by atoms with Gasteiger partial charge in [-0.25, -0.2) is 13.1 Å². The zero-order valence-corrected chi connectivity index (χ0v) is 19.0. The highest BCUT2D eigenvalue weighted by Gasteiger charge is 2.27. The number of carboxylic acid groups (broad SMARTS) is 1. The normalized spacial score (nSPS) is 16.1. The third-order valence-electron chi connectivity index (χ3n) is 5.45. The van der Waals surface area contributed by atoms with E-state index in [0.717, 1.165) is 27.8 Å². The minimum atomic E-state index is -3.51. The predicted molar refractivity (Wildman–Crippen MR) is 125 cm³/mol. The highest BCUT2D eigenvalue weighted by molar-refractivity contribution is 7.91. The molecule has 1 aliphatic carbocycles. The molecule has 1 aliphatic rings. The van der Waals surface area contributed by atoms with Gasteiger partial charge in [0.25, 0.3) is 0 Å². The fourth-order valence-corrected chi connectivity index (χ4v) is 6.23. The first-order valence-corrected chi connectivity index (χ1v) is 12.8. The molecule has 32 heavy (non-hydrogen) atoms. The molecule has 4 rings (SSSR count). The van der Waals surface area contributed by atoms with Crippen molar-refractivity contribution in [1.29, 1.82) is 0 Å². The van der Waals surface area contributed by atoms with Crippen LogP contribution in [0.4, 0.5) is 0 Å². The number of allylic oxidation sites excluding steroid dienone is 1. The van der Waals surface area contributed by atoms with Gasteiger partial charge in [-0.05, 0) is 65.5 Å². The minimum Gasteiger partial charge on any atom is -0.481 e. The Kier molecular flexibility index (Phi) is 6.83. The molecule has 0 radical (unpaired) electrons. The van der Waals surface area contributed by atoms with Crippen LogP contribution in [0.1, 0.15) is 41.5 Å². The quantitative estimate of drug-likeness (QED) is 0.457. The molecule has 8 heteroatoms. The average molecular weight is 469 g/mol. The second-order valence-corrected chi connectivity index (χ2v) is 10.7. The Hall–Kier alpha value is -2.81. The van der Waals surface area contributed by atoms with Crippen LogP contribution in [0.3, 0.4) is 0 Å².